The van der Waals surface area contributed by atoms with Gasteiger partial charge in [0.1, 0.15) is 5.78 Å². The van der Waals surface area contributed by atoms with E-state index in [4.69, 9.17) is 0 Å². The molecule has 0 radical (unpaired) electrons. The van der Waals surface area contributed by atoms with Gasteiger partial charge in [-0.25, -0.2) is 0 Å². The Labute approximate surface area is 86.9 Å². The predicted molar refractivity (Wildman–Crippen MR) is 58.4 cm³/mol. The normalized spacial score (nSPS) is 22.6. The zero-order valence-corrected chi connectivity index (χ0v) is 9.55. The number of carbonyl (C=O) groups excluding carboxylic acids is 1. The van der Waals surface area contributed by atoms with Gasteiger partial charge in [0.2, 0.25) is 0 Å². The second-order valence-corrected chi connectivity index (χ2v) is 4.77. The zero-order valence-electron chi connectivity index (χ0n) is 9.55. The molecule has 1 unspecified atom stereocenters. The van der Waals surface area contributed by atoms with Crippen LogP contribution in [0.25, 0.3) is 0 Å². The highest BCUT2D eigenvalue weighted by molar-refractivity contribution is 5.83. The van der Waals surface area contributed by atoms with Crippen molar-refractivity contribution in [1.82, 2.24) is 10.2 Å². The van der Waals surface area contributed by atoms with Crippen molar-refractivity contribution < 1.29 is 4.79 Å². The van der Waals surface area contributed by atoms with E-state index in [0.717, 1.165) is 31.8 Å². The van der Waals surface area contributed by atoms with E-state index in [2.05, 4.69) is 31.1 Å². The average molecular weight is 198 g/mol. The van der Waals surface area contributed by atoms with Gasteiger partial charge in [-0.15, -0.1) is 0 Å². The van der Waals surface area contributed by atoms with Crippen molar-refractivity contribution in [3.63, 3.8) is 0 Å². The first kappa shape index (κ1) is 11.7. The molecule has 0 aliphatic carbocycles. The monoisotopic (exact) mass is 198 g/mol. The molecule has 0 aromatic heterocycles. The molecule has 82 valence electrons. The van der Waals surface area contributed by atoms with Gasteiger partial charge in [-0.1, -0.05) is 13.8 Å². The van der Waals surface area contributed by atoms with Crippen molar-refractivity contribution in [1.29, 1.82) is 0 Å². The molecule has 1 rings (SSSR count). The molecule has 0 aromatic carbocycles. The molecule has 1 N–H and O–H groups in total. The summed E-state index contributed by atoms with van der Waals surface area (Å²) in [7, 11) is 2.15. The molecular weight excluding hydrogens is 176 g/mol. The molecule has 1 fully saturated rings. The van der Waals surface area contributed by atoms with E-state index in [0.29, 0.717) is 18.4 Å². The highest BCUT2D eigenvalue weighted by atomic mass is 16.1. The SMILES string of the molecule is CC(C)CN(C)CCC1CC(=O)CN1. The minimum atomic E-state index is 0.363. The van der Waals surface area contributed by atoms with E-state index in [-0.39, 0.29) is 0 Å². The van der Waals surface area contributed by atoms with Gasteiger partial charge >= 0.3 is 0 Å². The fourth-order valence-electron chi connectivity index (χ4n) is 1.97. The molecule has 1 aliphatic heterocycles. The van der Waals surface area contributed by atoms with Crippen LogP contribution < -0.4 is 5.32 Å². The van der Waals surface area contributed by atoms with Gasteiger partial charge in [0.15, 0.2) is 0 Å². The summed E-state index contributed by atoms with van der Waals surface area (Å²) in [4.78, 5) is 13.3. The Balaban J connectivity index is 2.11. The van der Waals surface area contributed by atoms with Crippen LogP contribution in [0.15, 0.2) is 0 Å². The van der Waals surface area contributed by atoms with Gasteiger partial charge in [-0.2, -0.15) is 0 Å². The molecule has 0 bridgehead atoms. The smallest absolute Gasteiger partial charge is 0.148 e. The van der Waals surface area contributed by atoms with Crippen LogP contribution in [-0.4, -0.2) is 43.4 Å². The Hall–Kier alpha value is -0.410. The summed E-state index contributed by atoms with van der Waals surface area (Å²) < 4.78 is 0. The van der Waals surface area contributed by atoms with E-state index in [1.807, 2.05) is 0 Å². The molecule has 1 heterocycles. The van der Waals surface area contributed by atoms with E-state index < -0.39 is 0 Å². The van der Waals surface area contributed by atoms with E-state index in [1.54, 1.807) is 0 Å². The molecule has 3 nitrogen and oxygen atoms in total. The average Bonchev–Trinajstić information content (AvgIpc) is 2.47. The Morgan fingerprint density at radius 1 is 1.57 bits per heavy atom. The summed E-state index contributed by atoms with van der Waals surface area (Å²) in [5.41, 5.74) is 0. The summed E-state index contributed by atoms with van der Waals surface area (Å²) >= 11 is 0. The molecule has 0 spiro atoms. The number of hydrogen-bond acceptors (Lipinski definition) is 3. The third kappa shape index (κ3) is 4.20. The second-order valence-electron chi connectivity index (χ2n) is 4.77. The van der Waals surface area contributed by atoms with Crippen LogP contribution in [0.3, 0.4) is 0 Å². The third-order valence-electron chi connectivity index (χ3n) is 2.60. The van der Waals surface area contributed by atoms with Crippen molar-refractivity contribution in [3.05, 3.63) is 0 Å². The second kappa shape index (κ2) is 5.47. The molecule has 14 heavy (non-hydrogen) atoms. The van der Waals surface area contributed by atoms with E-state index in [9.17, 15) is 4.79 Å². The molecule has 0 amide bonds. The summed E-state index contributed by atoms with van der Waals surface area (Å²) in [6.45, 7) is 7.27. The Kier molecular flexibility index (Phi) is 4.55. The Bertz CT molecular complexity index is 192. The molecule has 3 heteroatoms. The van der Waals surface area contributed by atoms with Crippen LogP contribution >= 0.6 is 0 Å². The molecule has 0 aromatic rings. The molecule has 1 aliphatic rings. The molecular formula is C11H22N2O. The number of Topliss-reactive ketones (excluding diaryl/α,β-unsaturated/α-hetero) is 1. The van der Waals surface area contributed by atoms with Gasteiger partial charge in [0, 0.05) is 19.0 Å². The van der Waals surface area contributed by atoms with Crippen molar-refractivity contribution in [2.75, 3.05) is 26.7 Å². The Morgan fingerprint density at radius 3 is 2.79 bits per heavy atom. The molecule has 1 saturated heterocycles. The fourth-order valence-corrected chi connectivity index (χ4v) is 1.97. The number of ketones is 1. The maximum atomic E-state index is 11.0. The van der Waals surface area contributed by atoms with Gasteiger partial charge in [-0.3, -0.25) is 4.79 Å². The van der Waals surface area contributed by atoms with E-state index in [1.165, 1.54) is 0 Å². The van der Waals surface area contributed by atoms with Gasteiger partial charge in [-0.05, 0) is 25.9 Å². The van der Waals surface area contributed by atoms with Gasteiger partial charge < -0.3 is 10.2 Å². The molecule has 0 saturated carbocycles. The third-order valence-corrected chi connectivity index (χ3v) is 2.60. The first-order chi connectivity index (χ1) is 6.58. The topological polar surface area (TPSA) is 32.3 Å². The van der Waals surface area contributed by atoms with Crippen LogP contribution in [-0.2, 0) is 4.79 Å². The highest BCUT2D eigenvalue weighted by Crippen LogP contribution is 2.07. The maximum absolute atomic E-state index is 11.0. The van der Waals surface area contributed by atoms with Crippen molar-refractivity contribution >= 4 is 5.78 Å². The summed E-state index contributed by atoms with van der Waals surface area (Å²) in [5, 5.41) is 3.24. The van der Waals surface area contributed by atoms with Crippen LogP contribution in [0.4, 0.5) is 0 Å². The quantitative estimate of drug-likeness (QED) is 0.712. The van der Waals surface area contributed by atoms with Crippen LogP contribution in [0, 0.1) is 5.92 Å². The zero-order chi connectivity index (χ0) is 10.6. The summed E-state index contributed by atoms with van der Waals surface area (Å²) in [6.07, 6.45) is 1.82. The number of carbonyl (C=O) groups is 1. The minimum Gasteiger partial charge on any atom is -0.307 e. The maximum Gasteiger partial charge on any atom is 0.148 e. The molecule has 1 atom stereocenters. The Morgan fingerprint density at radius 2 is 2.29 bits per heavy atom. The minimum absolute atomic E-state index is 0.363. The first-order valence-electron chi connectivity index (χ1n) is 5.51. The van der Waals surface area contributed by atoms with Crippen LogP contribution in [0.5, 0.6) is 0 Å². The fraction of sp³-hybridized carbons (Fsp3) is 0.909. The number of hydrogen-bond donors (Lipinski definition) is 1. The van der Waals surface area contributed by atoms with E-state index >= 15 is 0 Å². The largest absolute Gasteiger partial charge is 0.307 e. The lowest BCUT2D eigenvalue weighted by atomic mass is 10.1. The standard InChI is InChI=1S/C11H22N2O/c1-9(2)8-13(3)5-4-10-6-11(14)7-12-10/h9-10,12H,4-8H2,1-3H3. The number of nitrogens with zero attached hydrogens (tertiary/aromatic N) is 1. The number of nitrogens with one attached hydrogen (secondary N) is 1. The van der Waals surface area contributed by atoms with Crippen molar-refractivity contribution in [3.8, 4) is 0 Å². The lowest BCUT2D eigenvalue weighted by molar-refractivity contribution is -0.116. The predicted octanol–water partition coefficient (Wildman–Crippen LogP) is 0.895. The lowest BCUT2D eigenvalue weighted by Gasteiger charge is -2.20. The van der Waals surface area contributed by atoms with Gasteiger partial charge in [0.05, 0.1) is 6.54 Å². The van der Waals surface area contributed by atoms with Crippen molar-refractivity contribution in [2.24, 2.45) is 5.92 Å². The van der Waals surface area contributed by atoms with Crippen LogP contribution in [0.2, 0.25) is 0 Å². The van der Waals surface area contributed by atoms with Crippen molar-refractivity contribution in [2.45, 2.75) is 32.7 Å². The highest BCUT2D eigenvalue weighted by Gasteiger charge is 2.20. The van der Waals surface area contributed by atoms with Crippen LogP contribution in [0.1, 0.15) is 26.7 Å². The van der Waals surface area contributed by atoms with Gasteiger partial charge in [0.25, 0.3) is 0 Å². The summed E-state index contributed by atoms with van der Waals surface area (Å²) in [5.74, 6) is 1.08. The first-order valence-corrected chi connectivity index (χ1v) is 5.51. The summed E-state index contributed by atoms with van der Waals surface area (Å²) in [6, 6.07) is 0.428. The number of rotatable bonds is 5. The lowest BCUT2D eigenvalue weighted by Crippen LogP contribution is -2.30.